The van der Waals surface area contributed by atoms with Gasteiger partial charge in [-0.2, -0.15) is 0 Å². The number of piperazine rings is 1. The highest BCUT2D eigenvalue weighted by atomic mass is 32.2. The van der Waals surface area contributed by atoms with Crippen LogP contribution < -0.4 is 5.32 Å². The summed E-state index contributed by atoms with van der Waals surface area (Å²) in [5.41, 5.74) is 2.38. The Labute approximate surface area is 195 Å². The van der Waals surface area contributed by atoms with Gasteiger partial charge < -0.3 is 15.2 Å². The van der Waals surface area contributed by atoms with Crippen molar-refractivity contribution < 1.29 is 4.79 Å². The molecular weight excluding hydrogens is 420 g/mol. The van der Waals surface area contributed by atoms with E-state index >= 15 is 0 Å². The molecule has 2 aromatic rings. The van der Waals surface area contributed by atoms with E-state index in [9.17, 15) is 4.79 Å². The maximum Gasteiger partial charge on any atom is 0.276 e. The number of amidine groups is 1. The fraction of sp³-hybridized carbons (Fsp3) is 0.542. The second-order valence-corrected chi connectivity index (χ2v) is 10.4. The van der Waals surface area contributed by atoms with Crippen LogP contribution >= 0.6 is 11.8 Å². The zero-order valence-electron chi connectivity index (χ0n) is 19.6. The molecule has 1 atom stereocenters. The monoisotopic (exact) mass is 456 g/mol. The molecule has 1 aliphatic rings. The molecule has 1 fully saturated rings. The van der Waals surface area contributed by atoms with E-state index in [4.69, 9.17) is 10.8 Å². The summed E-state index contributed by atoms with van der Waals surface area (Å²) < 4.78 is 0. The van der Waals surface area contributed by atoms with Gasteiger partial charge in [0.05, 0.1) is 0 Å². The SMILES string of the molecule is CCCC(Cc1c[nH]c2ccccc12)NC(=O)C(=N)SC(=N)N1CCN(C(C)(C)C)CC1. The third kappa shape index (κ3) is 6.13. The first-order chi connectivity index (χ1) is 15.2. The molecule has 1 aromatic heterocycles. The van der Waals surface area contributed by atoms with Crippen LogP contribution in [0.2, 0.25) is 0 Å². The number of para-hydroxylation sites is 1. The van der Waals surface area contributed by atoms with Crippen molar-refractivity contribution >= 4 is 38.8 Å². The zero-order chi connectivity index (χ0) is 23.3. The lowest BCUT2D eigenvalue weighted by Gasteiger charge is -2.42. The number of aromatic nitrogens is 1. The molecule has 1 unspecified atom stereocenters. The fourth-order valence-corrected chi connectivity index (χ4v) is 4.84. The van der Waals surface area contributed by atoms with Crippen LogP contribution in [0.4, 0.5) is 0 Å². The Kier molecular flexibility index (Phi) is 8.00. The summed E-state index contributed by atoms with van der Waals surface area (Å²) in [4.78, 5) is 20.4. The highest BCUT2D eigenvalue weighted by Crippen LogP contribution is 2.21. The van der Waals surface area contributed by atoms with Gasteiger partial charge in [0.15, 0.2) is 10.2 Å². The van der Waals surface area contributed by atoms with Gasteiger partial charge in [-0.1, -0.05) is 31.5 Å². The van der Waals surface area contributed by atoms with Crippen LogP contribution in [0.3, 0.4) is 0 Å². The van der Waals surface area contributed by atoms with Crippen molar-refractivity contribution in [1.82, 2.24) is 20.1 Å². The van der Waals surface area contributed by atoms with Gasteiger partial charge >= 0.3 is 0 Å². The number of rotatable bonds is 5. The van der Waals surface area contributed by atoms with Gasteiger partial charge in [0, 0.05) is 54.9 Å². The fourth-order valence-electron chi connectivity index (χ4n) is 4.18. The Morgan fingerprint density at radius 2 is 1.88 bits per heavy atom. The molecule has 8 heteroatoms. The smallest absolute Gasteiger partial charge is 0.276 e. The first-order valence-electron chi connectivity index (χ1n) is 11.4. The molecule has 0 aliphatic carbocycles. The Bertz CT molecular complexity index is 955. The van der Waals surface area contributed by atoms with Gasteiger partial charge in [-0.3, -0.25) is 20.5 Å². The minimum Gasteiger partial charge on any atom is -0.361 e. The Morgan fingerprint density at radius 3 is 2.53 bits per heavy atom. The van der Waals surface area contributed by atoms with Gasteiger partial charge in [-0.05, 0) is 57.0 Å². The number of nitrogens with zero attached hydrogens (tertiary/aromatic N) is 2. The van der Waals surface area contributed by atoms with Crippen LogP contribution in [0.25, 0.3) is 10.9 Å². The number of nitrogens with one attached hydrogen (secondary N) is 4. The van der Waals surface area contributed by atoms with E-state index in [0.717, 1.165) is 56.3 Å². The van der Waals surface area contributed by atoms with E-state index in [1.165, 1.54) is 10.9 Å². The number of carbonyl (C=O) groups excluding carboxylic acids is 1. The number of hydrogen-bond donors (Lipinski definition) is 4. The van der Waals surface area contributed by atoms with Crippen molar-refractivity contribution in [2.75, 3.05) is 26.2 Å². The number of H-pyrrole nitrogens is 1. The lowest BCUT2D eigenvalue weighted by molar-refractivity contribution is -0.115. The summed E-state index contributed by atoms with van der Waals surface area (Å²) in [5.74, 6) is -0.397. The number of thioether (sulfide) groups is 1. The lowest BCUT2D eigenvalue weighted by Crippen LogP contribution is -2.54. The quantitative estimate of drug-likeness (QED) is 0.403. The molecular formula is C24H36N6OS. The Balaban J connectivity index is 1.53. The van der Waals surface area contributed by atoms with E-state index in [1.807, 2.05) is 29.3 Å². The van der Waals surface area contributed by atoms with Crippen molar-refractivity contribution in [2.45, 2.75) is 58.5 Å². The third-order valence-corrected chi connectivity index (χ3v) is 6.88. The molecule has 1 saturated heterocycles. The molecule has 32 heavy (non-hydrogen) atoms. The van der Waals surface area contributed by atoms with Crippen LogP contribution in [0.1, 0.15) is 46.1 Å². The van der Waals surface area contributed by atoms with Crippen LogP contribution in [-0.2, 0) is 11.2 Å². The van der Waals surface area contributed by atoms with E-state index in [2.05, 4.69) is 49.0 Å². The number of amides is 1. The molecule has 0 radical (unpaired) electrons. The normalized spacial score (nSPS) is 16.2. The predicted molar refractivity (Wildman–Crippen MR) is 135 cm³/mol. The second-order valence-electron chi connectivity index (χ2n) is 9.40. The summed E-state index contributed by atoms with van der Waals surface area (Å²) in [6.45, 7) is 12.0. The van der Waals surface area contributed by atoms with Crippen molar-refractivity contribution in [2.24, 2.45) is 0 Å². The largest absolute Gasteiger partial charge is 0.361 e. The topological polar surface area (TPSA) is 99.1 Å². The van der Waals surface area contributed by atoms with E-state index in [1.54, 1.807) is 0 Å². The van der Waals surface area contributed by atoms with Gasteiger partial charge in [0.25, 0.3) is 5.91 Å². The molecule has 174 valence electrons. The van der Waals surface area contributed by atoms with Gasteiger partial charge in [-0.25, -0.2) is 0 Å². The van der Waals surface area contributed by atoms with E-state index in [0.29, 0.717) is 6.42 Å². The van der Waals surface area contributed by atoms with Crippen molar-refractivity contribution in [3.8, 4) is 0 Å². The number of carbonyl (C=O) groups is 1. The third-order valence-electron chi connectivity index (χ3n) is 6.03. The Hall–Kier alpha value is -2.32. The van der Waals surface area contributed by atoms with E-state index in [-0.39, 0.29) is 21.8 Å². The van der Waals surface area contributed by atoms with Crippen molar-refractivity contribution in [3.05, 3.63) is 36.0 Å². The summed E-state index contributed by atoms with van der Waals surface area (Å²) in [6, 6.07) is 8.12. The molecule has 7 nitrogen and oxygen atoms in total. The standard InChI is InChI=1S/C24H36N6OS/c1-5-8-18(15-17-16-27-20-10-7-6-9-19(17)20)28-22(31)21(25)32-23(26)29-11-13-30(14-12-29)24(2,3)4/h6-7,9-10,16,18,25-27H,5,8,11-15H2,1-4H3,(H,28,31). The van der Waals surface area contributed by atoms with Gasteiger partial charge in [0.1, 0.15) is 0 Å². The number of hydrogen-bond acceptors (Lipinski definition) is 5. The minimum absolute atomic E-state index is 0.0443. The zero-order valence-corrected chi connectivity index (χ0v) is 20.4. The molecule has 3 rings (SSSR count). The molecule has 0 saturated carbocycles. The maximum absolute atomic E-state index is 12.7. The highest BCUT2D eigenvalue weighted by molar-refractivity contribution is 8.27. The lowest BCUT2D eigenvalue weighted by atomic mass is 10.0. The van der Waals surface area contributed by atoms with Crippen molar-refractivity contribution in [1.29, 1.82) is 10.8 Å². The van der Waals surface area contributed by atoms with Gasteiger partial charge in [0.2, 0.25) is 0 Å². The first-order valence-corrected chi connectivity index (χ1v) is 12.2. The maximum atomic E-state index is 12.7. The highest BCUT2D eigenvalue weighted by Gasteiger charge is 2.28. The average molecular weight is 457 g/mol. The van der Waals surface area contributed by atoms with Crippen LogP contribution in [-0.4, -0.2) is 68.7 Å². The first kappa shape index (κ1) is 24.3. The predicted octanol–water partition coefficient (Wildman–Crippen LogP) is 4.06. The molecule has 1 aromatic carbocycles. The summed E-state index contributed by atoms with van der Waals surface area (Å²) in [5, 5.41) is 21.0. The molecule has 0 bridgehead atoms. The molecule has 1 aliphatic heterocycles. The van der Waals surface area contributed by atoms with Crippen LogP contribution in [0, 0.1) is 10.8 Å². The molecule has 2 heterocycles. The summed E-state index contributed by atoms with van der Waals surface area (Å²) in [6.07, 6.45) is 4.51. The van der Waals surface area contributed by atoms with E-state index < -0.39 is 5.91 Å². The summed E-state index contributed by atoms with van der Waals surface area (Å²) >= 11 is 0.949. The van der Waals surface area contributed by atoms with Crippen molar-refractivity contribution in [3.63, 3.8) is 0 Å². The number of benzene rings is 1. The van der Waals surface area contributed by atoms with Crippen LogP contribution in [0.5, 0.6) is 0 Å². The average Bonchev–Trinajstić information content (AvgIpc) is 3.16. The molecule has 1 amide bonds. The minimum atomic E-state index is -0.397. The number of aromatic amines is 1. The summed E-state index contributed by atoms with van der Waals surface area (Å²) in [7, 11) is 0. The number of fused-ring (bicyclic) bond motifs is 1. The second kappa shape index (κ2) is 10.5. The molecule has 4 N–H and O–H groups in total. The Morgan fingerprint density at radius 1 is 1.19 bits per heavy atom. The van der Waals surface area contributed by atoms with Gasteiger partial charge in [-0.15, -0.1) is 0 Å². The molecule has 0 spiro atoms. The van der Waals surface area contributed by atoms with Crippen LogP contribution in [0.15, 0.2) is 30.5 Å².